The Morgan fingerprint density at radius 3 is 1.87 bits per heavy atom. The monoisotopic (exact) mass is 235 g/mol. The molecule has 1 aliphatic rings. The SMILES string of the molecule is CC1(C)CS(=O)(=O)CC(C)(C)N1CCO. The normalized spacial score (nSPS) is 28.9. The van der Waals surface area contributed by atoms with Crippen molar-refractivity contribution >= 4 is 9.84 Å². The van der Waals surface area contributed by atoms with E-state index in [0.29, 0.717) is 6.54 Å². The Hall–Kier alpha value is -0.130. The largest absolute Gasteiger partial charge is 0.395 e. The van der Waals surface area contributed by atoms with Gasteiger partial charge in [-0.1, -0.05) is 0 Å². The molecule has 1 heterocycles. The van der Waals surface area contributed by atoms with Crippen LogP contribution in [0.2, 0.25) is 0 Å². The topological polar surface area (TPSA) is 57.6 Å². The van der Waals surface area contributed by atoms with Gasteiger partial charge >= 0.3 is 0 Å². The van der Waals surface area contributed by atoms with E-state index in [-0.39, 0.29) is 18.1 Å². The molecule has 0 aliphatic carbocycles. The van der Waals surface area contributed by atoms with Gasteiger partial charge in [-0.2, -0.15) is 0 Å². The third-order valence-corrected chi connectivity index (χ3v) is 5.22. The molecule has 1 fully saturated rings. The van der Waals surface area contributed by atoms with Gasteiger partial charge in [0.1, 0.15) is 0 Å². The summed E-state index contributed by atoms with van der Waals surface area (Å²) in [5.41, 5.74) is -0.799. The van der Waals surface area contributed by atoms with E-state index >= 15 is 0 Å². The number of rotatable bonds is 2. The molecule has 0 saturated carbocycles. The molecule has 0 aromatic carbocycles. The summed E-state index contributed by atoms with van der Waals surface area (Å²) in [6.45, 7) is 8.26. The van der Waals surface area contributed by atoms with E-state index in [1.54, 1.807) is 0 Å². The van der Waals surface area contributed by atoms with Gasteiger partial charge in [0.2, 0.25) is 0 Å². The van der Waals surface area contributed by atoms with E-state index in [4.69, 9.17) is 5.11 Å². The van der Waals surface area contributed by atoms with Crippen molar-refractivity contribution in [2.24, 2.45) is 0 Å². The molecule has 0 aromatic rings. The van der Waals surface area contributed by atoms with Gasteiger partial charge in [-0.05, 0) is 27.7 Å². The summed E-state index contributed by atoms with van der Waals surface area (Å²) in [5.74, 6) is 0.340. The van der Waals surface area contributed by atoms with Crippen LogP contribution < -0.4 is 0 Å². The lowest BCUT2D eigenvalue weighted by Gasteiger charge is -2.52. The van der Waals surface area contributed by atoms with Crippen LogP contribution in [0.25, 0.3) is 0 Å². The minimum atomic E-state index is -2.97. The van der Waals surface area contributed by atoms with Crippen LogP contribution in [0.3, 0.4) is 0 Å². The van der Waals surface area contributed by atoms with Gasteiger partial charge in [-0.15, -0.1) is 0 Å². The number of aliphatic hydroxyl groups is 1. The quantitative estimate of drug-likeness (QED) is 0.746. The van der Waals surface area contributed by atoms with Gasteiger partial charge in [0, 0.05) is 17.6 Å². The van der Waals surface area contributed by atoms with Gasteiger partial charge in [-0.3, -0.25) is 4.90 Å². The Morgan fingerprint density at radius 1 is 1.13 bits per heavy atom. The van der Waals surface area contributed by atoms with E-state index in [9.17, 15) is 8.42 Å². The molecule has 0 atom stereocenters. The zero-order chi connectivity index (χ0) is 11.9. The van der Waals surface area contributed by atoms with Gasteiger partial charge in [-0.25, -0.2) is 8.42 Å². The van der Waals surface area contributed by atoms with Crippen molar-refractivity contribution in [3.63, 3.8) is 0 Å². The zero-order valence-electron chi connectivity index (χ0n) is 9.95. The molecular formula is C10H21NO3S. The van der Waals surface area contributed by atoms with Crippen LogP contribution in [0.5, 0.6) is 0 Å². The second-order valence-corrected chi connectivity index (χ2v) is 7.60. The molecule has 0 bridgehead atoms. The second-order valence-electron chi connectivity index (χ2n) is 5.53. The fourth-order valence-electron chi connectivity index (χ4n) is 2.81. The smallest absolute Gasteiger partial charge is 0.153 e. The first-order valence-corrected chi connectivity index (χ1v) is 7.02. The van der Waals surface area contributed by atoms with Gasteiger partial charge in [0.05, 0.1) is 18.1 Å². The summed E-state index contributed by atoms with van der Waals surface area (Å²) in [6, 6.07) is 0. The lowest BCUT2D eigenvalue weighted by atomic mass is 9.95. The molecule has 1 N–H and O–H groups in total. The maximum atomic E-state index is 11.7. The van der Waals surface area contributed by atoms with Crippen molar-refractivity contribution in [1.82, 2.24) is 4.90 Å². The standard InChI is InChI=1S/C10H21NO3S/c1-9(2)7-15(13,14)8-10(3,4)11(9)5-6-12/h12H,5-8H2,1-4H3. The third kappa shape index (κ3) is 2.71. The predicted molar refractivity (Wildman–Crippen MR) is 60.6 cm³/mol. The maximum absolute atomic E-state index is 11.7. The number of sulfone groups is 1. The Balaban J connectivity index is 3.06. The molecule has 90 valence electrons. The molecule has 0 unspecified atom stereocenters. The molecule has 0 amide bonds. The van der Waals surface area contributed by atoms with Crippen LogP contribution in [0.4, 0.5) is 0 Å². The average molecular weight is 235 g/mol. The fraction of sp³-hybridized carbons (Fsp3) is 1.00. The lowest BCUT2D eigenvalue weighted by molar-refractivity contribution is 0.0183. The summed E-state index contributed by atoms with van der Waals surface area (Å²) in [5, 5.41) is 9.02. The van der Waals surface area contributed by atoms with Crippen LogP contribution >= 0.6 is 0 Å². The number of aliphatic hydroxyl groups excluding tert-OH is 1. The van der Waals surface area contributed by atoms with Gasteiger partial charge < -0.3 is 5.11 Å². The lowest BCUT2D eigenvalue weighted by Crippen LogP contribution is -2.65. The van der Waals surface area contributed by atoms with Gasteiger partial charge in [0.25, 0.3) is 0 Å². The van der Waals surface area contributed by atoms with E-state index < -0.39 is 20.9 Å². The van der Waals surface area contributed by atoms with Crippen LogP contribution in [-0.4, -0.2) is 54.2 Å². The first kappa shape index (κ1) is 12.9. The Morgan fingerprint density at radius 2 is 1.53 bits per heavy atom. The zero-order valence-corrected chi connectivity index (χ0v) is 10.8. The number of β-amino-alcohol motifs (C(OH)–C–C–N with tert-alkyl or cyclic N) is 1. The van der Waals surface area contributed by atoms with E-state index in [0.717, 1.165) is 0 Å². The second kappa shape index (κ2) is 3.71. The van der Waals surface area contributed by atoms with Crippen LogP contribution in [0.1, 0.15) is 27.7 Å². The Bertz CT molecular complexity index is 309. The van der Waals surface area contributed by atoms with Crippen LogP contribution in [0.15, 0.2) is 0 Å². The highest BCUT2D eigenvalue weighted by molar-refractivity contribution is 7.91. The summed E-state index contributed by atoms with van der Waals surface area (Å²) in [7, 11) is -2.97. The highest BCUT2D eigenvalue weighted by Crippen LogP contribution is 2.33. The van der Waals surface area contributed by atoms with Gasteiger partial charge in [0.15, 0.2) is 9.84 Å². The summed E-state index contributed by atoms with van der Waals surface area (Å²) < 4.78 is 23.5. The van der Waals surface area contributed by atoms with Crippen LogP contribution in [0, 0.1) is 0 Å². The van der Waals surface area contributed by atoms with Crippen molar-refractivity contribution < 1.29 is 13.5 Å². The van der Waals surface area contributed by atoms with Crippen molar-refractivity contribution in [3.05, 3.63) is 0 Å². The molecule has 0 aromatic heterocycles. The minimum Gasteiger partial charge on any atom is -0.395 e. The molecule has 1 rings (SSSR count). The Kier molecular flexibility index (Phi) is 3.20. The van der Waals surface area contributed by atoms with Crippen molar-refractivity contribution in [1.29, 1.82) is 0 Å². The predicted octanol–water partition coefficient (Wildman–Crippen LogP) is 0.266. The molecule has 1 aliphatic heterocycles. The molecule has 0 radical (unpaired) electrons. The first-order chi connectivity index (χ1) is 6.61. The molecule has 15 heavy (non-hydrogen) atoms. The molecule has 1 saturated heterocycles. The van der Waals surface area contributed by atoms with E-state index in [2.05, 4.69) is 4.90 Å². The average Bonchev–Trinajstić information content (AvgIpc) is 1.92. The summed E-state index contributed by atoms with van der Waals surface area (Å²) in [4.78, 5) is 2.08. The molecule has 0 spiro atoms. The molecule has 4 nitrogen and oxygen atoms in total. The number of hydrogen-bond donors (Lipinski definition) is 1. The first-order valence-electron chi connectivity index (χ1n) is 5.20. The fourth-order valence-corrected chi connectivity index (χ4v) is 5.37. The van der Waals surface area contributed by atoms with E-state index in [1.165, 1.54) is 0 Å². The maximum Gasteiger partial charge on any atom is 0.153 e. The van der Waals surface area contributed by atoms with E-state index in [1.807, 2.05) is 27.7 Å². The number of hydrogen-bond acceptors (Lipinski definition) is 4. The van der Waals surface area contributed by atoms with Crippen molar-refractivity contribution in [2.45, 2.75) is 38.8 Å². The molecule has 5 heteroatoms. The Labute approximate surface area is 92.2 Å². The number of nitrogens with zero attached hydrogens (tertiary/aromatic N) is 1. The van der Waals surface area contributed by atoms with Crippen molar-refractivity contribution in [3.8, 4) is 0 Å². The van der Waals surface area contributed by atoms with Crippen molar-refractivity contribution in [2.75, 3.05) is 24.7 Å². The summed E-state index contributed by atoms with van der Waals surface area (Å²) >= 11 is 0. The highest BCUT2D eigenvalue weighted by Gasteiger charge is 2.47. The molecular weight excluding hydrogens is 214 g/mol. The highest BCUT2D eigenvalue weighted by atomic mass is 32.2. The third-order valence-electron chi connectivity index (χ3n) is 2.93. The summed E-state index contributed by atoms with van der Waals surface area (Å²) in [6.07, 6.45) is 0. The van der Waals surface area contributed by atoms with Crippen LogP contribution in [-0.2, 0) is 9.84 Å². The minimum absolute atomic E-state index is 0.0624.